The van der Waals surface area contributed by atoms with Gasteiger partial charge in [-0.3, -0.25) is 14.4 Å². The van der Waals surface area contributed by atoms with Crippen LogP contribution in [-0.4, -0.2) is 37.5 Å². The van der Waals surface area contributed by atoms with Crippen LogP contribution in [0.1, 0.15) is 65.4 Å². The number of Topliss-reactive ketones (excluding diaryl/α,β-unsaturated/α-hetero) is 1. The number of aliphatic hydroxyl groups is 1. The van der Waals surface area contributed by atoms with Crippen LogP contribution >= 0.6 is 11.3 Å². The summed E-state index contributed by atoms with van der Waals surface area (Å²) in [6, 6.07) is 6.71. The van der Waals surface area contributed by atoms with Gasteiger partial charge >= 0.3 is 0 Å². The van der Waals surface area contributed by atoms with Gasteiger partial charge in [0.25, 0.3) is 0 Å². The van der Waals surface area contributed by atoms with Crippen LogP contribution in [0, 0.1) is 27.0 Å². The molecule has 0 radical (unpaired) electrons. The highest BCUT2D eigenvalue weighted by atomic mass is 32.1. The third-order valence-electron chi connectivity index (χ3n) is 5.85. The van der Waals surface area contributed by atoms with E-state index in [1.165, 1.54) is 11.3 Å². The van der Waals surface area contributed by atoms with Crippen molar-refractivity contribution in [3.05, 3.63) is 80.3 Å². The Morgan fingerprint density at radius 1 is 1.24 bits per heavy atom. The van der Waals surface area contributed by atoms with Gasteiger partial charge in [0.2, 0.25) is 6.54 Å². The molecule has 2 aromatic heterocycles. The number of ketones is 1. The van der Waals surface area contributed by atoms with Crippen molar-refractivity contribution >= 4 is 28.5 Å². The second kappa shape index (κ2) is 9.68. The molecule has 1 aliphatic heterocycles. The maximum atomic E-state index is 12.8. The van der Waals surface area contributed by atoms with Gasteiger partial charge in [-0.15, -0.1) is 21.5 Å². The van der Waals surface area contributed by atoms with Crippen LogP contribution in [0.2, 0.25) is 0 Å². The van der Waals surface area contributed by atoms with E-state index in [4.69, 9.17) is 18.1 Å². The smallest absolute Gasteiger partial charge is 0.249 e. The summed E-state index contributed by atoms with van der Waals surface area (Å²) in [6.07, 6.45) is 0.275. The van der Waals surface area contributed by atoms with Gasteiger partial charge < -0.3 is 9.95 Å². The van der Waals surface area contributed by atoms with E-state index in [1.54, 1.807) is 19.1 Å². The highest BCUT2D eigenvalue weighted by Crippen LogP contribution is 2.40. The number of fused-ring (bicyclic) bond motifs is 3. The normalized spacial score (nSPS) is 15.4. The second-order valence-electron chi connectivity index (χ2n) is 8.37. The molecular formula is C25H24N6O2S. The molecule has 0 aliphatic carbocycles. The van der Waals surface area contributed by atoms with Crippen LogP contribution in [0.25, 0.3) is 14.7 Å². The standard InChI is InChI=1S/C25H24N6O2S/c1-14(32)6-11-19(33)12-20-24-30-29-16(3)31(24)25-22(15(2)21(34-25)13-26-4)23(28-20)17-7-9-18(27-5)10-8-17/h7-10,14,20,32H,6,11-13H2,1-3H3/t14-,20+/m1/s1. The number of aliphatic imine (C=N–C) groups is 1. The first-order chi connectivity index (χ1) is 16.3. The molecule has 0 amide bonds. The molecule has 0 fully saturated rings. The molecule has 0 saturated heterocycles. The third-order valence-corrected chi connectivity index (χ3v) is 7.12. The SMILES string of the molecule is [C-]#[N+]Cc1sc2c(c1C)C(c1ccc([N+]#[C-])cc1)=N[C@@H](CC(=O)CC[C@@H](C)O)c1nnc(C)n1-2. The lowest BCUT2D eigenvalue weighted by atomic mass is 9.99. The first-order valence-electron chi connectivity index (χ1n) is 11.0. The molecule has 1 N–H and O–H groups in total. The molecule has 0 spiro atoms. The van der Waals surface area contributed by atoms with Crippen LogP contribution < -0.4 is 0 Å². The number of hydrogen-bond acceptors (Lipinski definition) is 6. The monoisotopic (exact) mass is 472 g/mol. The molecule has 0 bridgehead atoms. The molecule has 34 heavy (non-hydrogen) atoms. The molecule has 1 aromatic carbocycles. The largest absolute Gasteiger partial charge is 0.393 e. The Balaban J connectivity index is 1.90. The van der Waals surface area contributed by atoms with Crippen molar-refractivity contribution < 1.29 is 9.90 Å². The van der Waals surface area contributed by atoms with E-state index in [2.05, 4.69) is 19.9 Å². The number of carbonyl (C=O) groups excluding carboxylic acids is 1. The van der Waals surface area contributed by atoms with E-state index < -0.39 is 12.1 Å². The predicted molar refractivity (Wildman–Crippen MR) is 131 cm³/mol. The number of nitrogens with zero attached hydrogens (tertiary/aromatic N) is 6. The van der Waals surface area contributed by atoms with Gasteiger partial charge in [-0.1, -0.05) is 24.3 Å². The quantitative estimate of drug-likeness (QED) is 0.494. The van der Waals surface area contributed by atoms with E-state index in [9.17, 15) is 9.90 Å². The molecule has 9 heteroatoms. The van der Waals surface area contributed by atoms with Gasteiger partial charge in [0.05, 0.1) is 23.3 Å². The Bertz CT molecular complexity index is 1350. The van der Waals surface area contributed by atoms with E-state index >= 15 is 0 Å². The fraction of sp³-hybridized carbons (Fsp3) is 0.360. The van der Waals surface area contributed by atoms with E-state index in [-0.39, 0.29) is 25.2 Å². The Labute approximate surface area is 202 Å². The number of thiophene rings is 1. The number of hydrogen-bond donors (Lipinski definition) is 1. The predicted octanol–water partition coefficient (Wildman–Crippen LogP) is 4.93. The number of aromatic nitrogens is 3. The number of aliphatic hydroxyl groups excluding tert-OH is 1. The highest BCUT2D eigenvalue weighted by molar-refractivity contribution is 7.15. The summed E-state index contributed by atoms with van der Waals surface area (Å²) in [5.74, 6) is 1.28. The lowest BCUT2D eigenvalue weighted by Crippen LogP contribution is -2.13. The minimum atomic E-state index is -0.542. The molecule has 0 saturated carbocycles. The fourth-order valence-electron chi connectivity index (χ4n) is 4.06. The summed E-state index contributed by atoms with van der Waals surface area (Å²) in [7, 11) is 0. The summed E-state index contributed by atoms with van der Waals surface area (Å²) < 4.78 is 1.96. The molecule has 3 heterocycles. The highest BCUT2D eigenvalue weighted by Gasteiger charge is 2.33. The average Bonchev–Trinajstić information content (AvgIpc) is 3.31. The van der Waals surface area contributed by atoms with Crippen LogP contribution in [0.15, 0.2) is 29.3 Å². The Morgan fingerprint density at radius 2 is 1.97 bits per heavy atom. The summed E-state index contributed by atoms with van der Waals surface area (Å²) in [5.41, 5.74) is 3.97. The molecule has 4 rings (SSSR count). The molecule has 3 aromatic rings. The van der Waals surface area contributed by atoms with Crippen molar-refractivity contribution in [3.63, 3.8) is 0 Å². The van der Waals surface area contributed by atoms with Crippen molar-refractivity contribution in [2.24, 2.45) is 4.99 Å². The maximum absolute atomic E-state index is 12.8. The van der Waals surface area contributed by atoms with E-state index in [1.807, 2.05) is 30.5 Å². The van der Waals surface area contributed by atoms with Gasteiger partial charge in [0, 0.05) is 18.4 Å². The topological polar surface area (TPSA) is 89.1 Å². The van der Waals surface area contributed by atoms with Gasteiger partial charge in [-0.2, -0.15) is 0 Å². The Hall–Kier alpha value is -3.66. The van der Waals surface area contributed by atoms with Gasteiger partial charge in [-0.25, -0.2) is 11.4 Å². The second-order valence-corrected chi connectivity index (χ2v) is 9.45. The van der Waals surface area contributed by atoms with Gasteiger partial charge in [0.1, 0.15) is 22.7 Å². The summed E-state index contributed by atoms with van der Waals surface area (Å²) in [6.45, 7) is 20.4. The van der Waals surface area contributed by atoms with Crippen molar-refractivity contribution in [1.29, 1.82) is 0 Å². The summed E-state index contributed by atoms with van der Waals surface area (Å²) >= 11 is 1.52. The molecule has 0 unspecified atom stereocenters. The van der Waals surface area contributed by atoms with Crippen molar-refractivity contribution in [3.8, 4) is 5.00 Å². The van der Waals surface area contributed by atoms with Gasteiger partial charge in [0.15, 0.2) is 11.5 Å². The maximum Gasteiger partial charge on any atom is 0.249 e. The molecule has 8 nitrogen and oxygen atoms in total. The molecular weight excluding hydrogens is 448 g/mol. The van der Waals surface area contributed by atoms with E-state index in [0.717, 1.165) is 32.3 Å². The average molecular weight is 473 g/mol. The van der Waals surface area contributed by atoms with E-state index in [0.29, 0.717) is 23.8 Å². The molecule has 1 aliphatic rings. The third kappa shape index (κ3) is 4.41. The van der Waals surface area contributed by atoms with Crippen molar-refractivity contribution in [2.75, 3.05) is 0 Å². The molecule has 172 valence electrons. The van der Waals surface area contributed by atoms with Crippen LogP contribution in [-0.2, 0) is 11.3 Å². The van der Waals surface area contributed by atoms with Crippen LogP contribution in [0.3, 0.4) is 0 Å². The Kier molecular flexibility index (Phi) is 6.69. The zero-order valence-corrected chi connectivity index (χ0v) is 20.1. The van der Waals surface area contributed by atoms with Gasteiger partial charge in [-0.05, 0) is 38.3 Å². The minimum absolute atomic E-state index is 0.000212. The number of benzene rings is 1. The van der Waals surface area contributed by atoms with Crippen LogP contribution in [0.5, 0.6) is 0 Å². The molecule has 2 atom stereocenters. The zero-order valence-electron chi connectivity index (χ0n) is 19.2. The number of rotatable bonds is 7. The minimum Gasteiger partial charge on any atom is -0.393 e. The summed E-state index contributed by atoms with van der Waals surface area (Å²) in [5, 5.41) is 19.2. The first-order valence-corrected chi connectivity index (χ1v) is 11.8. The number of carbonyl (C=O) groups is 1. The lowest BCUT2D eigenvalue weighted by Gasteiger charge is -2.13. The zero-order chi connectivity index (χ0) is 24.4. The lowest BCUT2D eigenvalue weighted by molar-refractivity contribution is -0.120. The first kappa shape index (κ1) is 23.5. The summed E-state index contributed by atoms with van der Waals surface area (Å²) in [4.78, 5) is 25.9. The Morgan fingerprint density at radius 3 is 2.62 bits per heavy atom. The fourth-order valence-corrected chi connectivity index (χ4v) is 5.35. The van der Waals surface area contributed by atoms with Crippen LogP contribution in [0.4, 0.5) is 5.69 Å². The number of aryl methyl sites for hydroxylation is 1. The van der Waals surface area contributed by atoms with Crippen molar-refractivity contribution in [2.45, 2.75) is 58.7 Å². The van der Waals surface area contributed by atoms with Crippen molar-refractivity contribution in [1.82, 2.24) is 14.8 Å².